The lowest BCUT2D eigenvalue weighted by molar-refractivity contribution is 0.607. The van der Waals surface area contributed by atoms with Gasteiger partial charge in [0.1, 0.15) is 5.82 Å². The van der Waals surface area contributed by atoms with E-state index in [1.54, 1.807) is 12.1 Å². The summed E-state index contributed by atoms with van der Waals surface area (Å²) >= 11 is 0. The van der Waals surface area contributed by atoms with Gasteiger partial charge in [-0.2, -0.15) is 5.10 Å². The maximum Gasteiger partial charge on any atom is 0.151 e. The van der Waals surface area contributed by atoms with E-state index in [4.69, 9.17) is 0 Å². The van der Waals surface area contributed by atoms with E-state index in [0.717, 1.165) is 18.1 Å². The smallest absolute Gasteiger partial charge is 0.151 e. The molecule has 0 spiro atoms. The molecule has 2 aromatic rings. The van der Waals surface area contributed by atoms with Gasteiger partial charge in [-0.25, -0.2) is 4.39 Å². The topological polar surface area (TPSA) is 41.0 Å². The number of benzene rings is 1. The summed E-state index contributed by atoms with van der Waals surface area (Å²) in [5.41, 5.74) is 1.54. The number of aromatic nitrogens is 2. The normalized spacial score (nSPS) is 10.6. The van der Waals surface area contributed by atoms with Gasteiger partial charge in [0.15, 0.2) is 5.82 Å². The standard InChI is InChI=1S/C15H19FN4/c1-3-17-10-13-8-9-15(19-18-13)20(2)11-12-6-4-5-7-14(12)16/h4-9,17H,3,10-11H2,1-2H3. The minimum Gasteiger partial charge on any atom is -0.354 e. The van der Waals surface area contributed by atoms with E-state index in [2.05, 4.69) is 15.5 Å². The van der Waals surface area contributed by atoms with E-state index >= 15 is 0 Å². The molecule has 0 atom stereocenters. The van der Waals surface area contributed by atoms with Crippen LogP contribution in [0.3, 0.4) is 0 Å². The first-order chi connectivity index (χ1) is 9.70. The summed E-state index contributed by atoms with van der Waals surface area (Å²) in [4.78, 5) is 1.88. The molecule has 1 heterocycles. The molecule has 0 bridgehead atoms. The first kappa shape index (κ1) is 14.4. The van der Waals surface area contributed by atoms with E-state index in [1.165, 1.54) is 6.07 Å². The van der Waals surface area contributed by atoms with Gasteiger partial charge in [-0.3, -0.25) is 0 Å². The highest BCUT2D eigenvalue weighted by Crippen LogP contribution is 2.14. The Balaban J connectivity index is 2.02. The van der Waals surface area contributed by atoms with E-state index < -0.39 is 0 Å². The van der Waals surface area contributed by atoms with E-state index in [1.807, 2.05) is 37.1 Å². The number of hydrogen-bond donors (Lipinski definition) is 1. The zero-order chi connectivity index (χ0) is 14.4. The van der Waals surface area contributed by atoms with Crippen LogP contribution < -0.4 is 10.2 Å². The lowest BCUT2D eigenvalue weighted by Crippen LogP contribution is -2.20. The monoisotopic (exact) mass is 274 g/mol. The van der Waals surface area contributed by atoms with Gasteiger partial charge in [0, 0.05) is 25.7 Å². The predicted molar refractivity (Wildman–Crippen MR) is 77.9 cm³/mol. The summed E-state index contributed by atoms with van der Waals surface area (Å²) in [5.74, 6) is 0.532. The number of halogens is 1. The first-order valence-electron chi connectivity index (χ1n) is 6.68. The minimum absolute atomic E-state index is 0.198. The van der Waals surface area contributed by atoms with Crippen LogP contribution in [0.5, 0.6) is 0 Å². The summed E-state index contributed by atoms with van der Waals surface area (Å²) in [6.45, 7) is 4.12. The summed E-state index contributed by atoms with van der Waals surface area (Å²) < 4.78 is 13.6. The molecule has 0 unspecified atom stereocenters. The molecule has 106 valence electrons. The van der Waals surface area contributed by atoms with Crippen LogP contribution in [-0.4, -0.2) is 23.8 Å². The third-order valence-electron chi connectivity index (χ3n) is 3.02. The van der Waals surface area contributed by atoms with Crippen molar-refractivity contribution in [3.8, 4) is 0 Å². The SMILES string of the molecule is CCNCc1ccc(N(C)Cc2ccccc2F)nn1. The zero-order valence-corrected chi connectivity index (χ0v) is 11.8. The Labute approximate surface area is 118 Å². The third kappa shape index (κ3) is 3.74. The molecular weight excluding hydrogens is 255 g/mol. The molecule has 2 rings (SSSR count). The largest absolute Gasteiger partial charge is 0.354 e. The second kappa shape index (κ2) is 6.96. The maximum atomic E-state index is 13.6. The Morgan fingerprint density at radius 3 is 2.60 bits per heavy atom. The Morgan fingerprint density at radius 2 is 1.95 bits per heavy atom. The molecular formula is C15H19FN4. The molecule has 0 saturated carbocycles. The highest BCUT2D eigenvalue weighted by atomic mass is 19.1. The number of anilines is 1. The number of hydrogen-bond acceptors (Lipinski definition) is 4. The Hall–Kier alpha value is -2.01. The van der Waals surface area contributed by atoms with Crippen molar-refractivity contribution in [1.29, 1.82) is 0 Å². The van der Waals surface area contributed by atoms with Crippen LogP contribution in [-0.2, 0) is 13.1 Å². The predicted octanol–water partition coefficient (Wildman–Crippen LogP) is 2.36. The van der Waals surface area contributed by atoms with Crippen LogP contribution >= 0.6 is 0 Å². The van der Waals surface area contributed by atoms with Crippen molar-refractivity contribution in [3.05, 3.63) is 53.5 Å². The van der Waals surface area contributed by atoms with Gasteiger partial charge in [-0.05, 0) is 24.7 Å². The van der Waals surface area contributed by atoms with E-state index in [0.29, 0.717) is 18.7 Å². The molecule has 0 saturated heterocycles. The number of rotatable bonds is 6. The molecule has 0 aliphatic carbocycles. The molecule has 0 fully saturated rings. The highest BCUT2D eigenvalue weighted by molar-refractivity contribution is 5.37. The molecule has 0 aliphatic rings. The van der Waals surface area contributed by atoms with Crippen molar-refractivity contribution < 1.29 is 4.39 Å². The van der Waals surface area contributed by atoms with Crippen molar-refractivity contribution in [1.82, 2.24) is 15.5 Å². The molecule has 0 amide bonds. The highest BCUT2D eigenvalue weighted by Gasteiger charge is 2.07. The third-order valence-corrected chi connectivity index (χ3v) is 3.02. The lowest BCUT2D eigenvalue weighted by Gasteiger charge is -2.18. The second-order valence-corrected chi connectivity index (χ2v) is 4.61. The summed E-state index contributed by atoms with van der Waals surface area (Å²) in [6.07, 6.45) is 0. The number of nitrogens with zero attached hydrogens (tertiary/aromatic N) is 3. The van der Waals surface area contributed by atoms with Crippen LogP contribution in [0, 0.1) is 5.82 Å². The molecule has 1 N–H and O–H groups in total. The van der Waals surface area contributed by atoms with Gasteiger partial charge < -0.3 is 10.2 Å². The fraction of sp³-hybridized carbons (Fsp3) is 0.333. The van der Waals surface area contributed by atoms with Gasteiger partial charge in [0.2, 0.25) is 0 Å². The second-order valence-electron chi connectivity index (χ2n) is 4.61. The molecule has 20 heavy (non-hydrogen) atoms. The van der Waals surface area contributed by atoms with E-state index in [9.17, 15) is 4.39 Å². The Bertz CT molecular complexity index is 542. The summed E-state index contributed by atoms with van der Waals surface area (Å²) in [6, 6.07) is 10.6. The summed E-state index contributed by atoms with van der Waals surface area (Å²) in [7, 11) is 1.88. The van der Waals surface area contributed by atoms with Gasteiger partial charge >= 0.3 is 0 Å². The Kier molecular flexibility index (Phi) is 5.01. The van der Waals surface area contributed by atoms with Crippen molar-refractivity contribution in [2.45, 2.75) is 20.0 Å². The van der Waals surface area contributed by atoms with Crippen LogP contribution in [0.25, 0.3) is 0 Å². The molecule has 0 radical (unpaired) electrons. The number of nitrogens with one attached hydrogen (secondary N) is 1. The fourth-order valence-electron chi connectivity index (χ4n) is 1.87. The van der Waals surface area contributed by atoms with Crippen LogP contribution in [0.1, 0.15) is 18.2 Å². The zero-order valence-electron chi connectivity index (χ0n) is 11.8. The fourth-order valence-corrected chi connectivity index (χ4v) is 1.87. The quantitative estimate of drug-likeness (QED) is 0.878. The average molecular weight is 274 g/mol. The van der Waals surface area contributed by atoms with Crippen molar-refractivity contribution in [2.75, 3.05) is 18.5 Å². The van der Waals surface area contributed by atoms with Gasteiger partial charge in [-0.15, -0.1) is 5.10 Å². The van der Waals surface area contributed by atoms with Gasteiger partial charge in [-0.1, -0.05) is 25.1 Å². The molecule has 1 aromatic carbocycles. The molecule has 4 nitrogen and oxygen atoms in total. The Morgan fingerprint density at radius 1 is 1.15 bits per heavy atom. The maximum absolute atomic E-state index is 13.6. The van der Waals surface area contributed by atoms with Gasteiger partial charge in [0.25, 0.3) is 0 Å². The average Bonchev–Trinajstić information content (AvgIpc) is 2.48. The first-order valence-corrected chi connectivity index (χ1v) is 6.68. The van der Waals surface area contributed by atoms with E-state index in [-0.39, 0.29) is 5.82 Å². The molecule has 0 aliphatic heterocycles. The van der Waals surface area contributed by atoms with Crippen LogP contribution in [0.2, 0.25) is 0 Å². The molecule has 5 heteroatoms. The van der Waals surface area contributed by atoms with Crippen molar-refractivity contribution in [2.24, 2.45) is 0 Å². The minimum atomic E-state index is -0.198. The van der Waals surface area contributed by atoms with Gasteiger partial charge in [0.05, 0.1) is 5.69 Å². The summed E-state index contributed by atoms with van der Waals surface area (Å²) in [5, 5.41) is 11.5. The van der Waals surface area contributed by atoms with Crippen LogP contribution in [0.15, 0.2) is 36.4 Å². The van der Waals surface area contributed by atoms with Crippen molar-refractivity contribution >= 4 is 5.82 Å². The van der Waals surface area contributed by atoms with Crippen LogP contribution in [0.4, 0.5) is 10.2 Å². The molecule has 1 aromatic heterocycles. The van der Waals surface area contributed by atoms with Crippen molar-refractivity contribution in [3.63, 3.8) is 0 Å². The lowest BCUT2D eigenvalue weighted by atomic mass is 10.2.